The van der Waals surface area contributed by atoms with Gasteiger partial charge in [-0.05, 0) is 28.1 Å². The molecular formula is C9H6BrClN2O. The number of hydrogen-bond acceptors (Lipinski definition) is 3. The minimum atomic E-state index is 0.615. The van der Waals surface area contributed by atoms with E-state index in [2.05, 4.69) is 26.2 Å². The molecule has 0 spiro atoms. The van der Waals surface area contributed by atoms with Crippen molar-refractivity contribution >= 4 is 39.0 Å². The maximum Gasteiger partial charge on any atom is 0.171 e. The highest BCUT2D eigenvalue weighted by Crippen LogP contribution is 2.21. The fourth-order valence-electron chi connectivity index (χ4n) is 0.973. The average molecular weight is 274 g/mol. The third kappa shape index (κ3) is 2.27. The molecule has 3 nitrogen and oxygen atoms in total. The number of nitrogens with zero attached hydrogens (tertiary/aromatic N) is 1. The quantitative estimate of drug-likeness (QED) is 0.903. The Morgan fingerprint density at radius 3 is 2.86 bits per heavy atom. The zero-order valence-corrected chi connectivity index (χ0v) is 9.34. The lowest BCUT2D eigenvalue weighted by Gasteiger charge is -2.00. The Hall–Kier alpha value is -1.00. The van der Waals surface area contributed by atoms with Crippen molar-refractivity contribution in [3.05, 3.63) is 40.4 Å². The predicted octanol–water partition coefficient (Wildman–Crippen LogP) is 3.83. The summed E-state index contributed by atoms with van der Waals surface area (Å²) in [6, 6.07) is 5.38. The number of halogens is 2. The van der Waals surface area contributed by atoms with E-state index in [1.165, 1.54) is 0 Å². The Kier molecular flexibility index (Phi) is 2.74. The topological polar surface area (TPSA) is 38.1 Å². The molecule has 14 heavy (non-hydrogen) atoms. The molecule has 0 fully saturated rings. The monoisotopic (exact) mass is 272 g/mol. The van der Waals surface area contributed by atoms with Crippen molar-refractivity contribution in [2.45, 2.75) is 0 Å². The Labute approximate surface area is 94.2 Å². The summed E-state index contributed by atoms with van der Waals surface area (Å²) >= 11 is 8.91. The SMILES string of the molecule is Clc1ccc(Nc2coc(Br)c2)nc1. The van der Waals surface area contributed by atoms with Gasteiger partial charge in [-0.25, -0.2) is 4.98 Å². The summed E-state index contributed by atoms with van der Waals surface area (Å²) in [5.41, 5.74) is 0.840. The number of furan rings is 1. The molecule has 5 heteroatoms. The highest BCUT2D eigenvalue weighted by atomic mass is 79.9. The molecular weight excluding hydrogens is 267 g/mol. The van der Waals surface area contributed by atoms with Crippen LogP contribution in [-0.4, -0.2) is 4.98 Å². The van der Waals surface area contributed by atoms with Crippen molar-refractivity contribution in [2.75, 3.05) is 5.32 Å². The average Bonchev–Trinajstić information content (AvgIpc) is 2.56. The van der Waals surface area contributed by atoms with Crippen LogP contribution in [0.5, 0.6) is 0 Å². The molecule has 0 unspecified atom stereocenters. The summed E-state index contributed by atoms with van der Waals surface area (Å²) in [6.07, 6.45) is 3.18. The molecule has 0 aliphatic heterocycles. The van der Waals surface area contributed by atoms with Crippen LogP contribution < -0.4 is 5.32 Å². The largest absolute Gasteiger partial charge is 0.455 e. The predicted molar refractivity (Wildman–Crippen MR) is 58.9 cm³/mol. The zero-order valence-electron chi connectivity index (χ0n) is 7.00. The second-order valence-electron chi connectivity index (χ2n) is 2.63. The Balaban J connectivity index is 2.15. The van der Waals surface area contributed by atoms with E-state index in [0.29, 0.717) is 9.69 Å². The van der Waals surface area contributed by atoms with E-state index in [9.17, 15) is 0 Å². The number of anilines is 2. The summed E-state index contributed by atoms with van der Waals surface area (Å²) in [5.74, 6) is 0.725. The molecule has 0 bridgehead atoms. The molecule has 2 rings (SSSR count). The van der Waals surface area contributed by atoms with Crippen LogP contribution in [0.2, 0.25) is 5.02 Å². The first-order valence-electron chi connectivity index (χ1n) is 3.86. The molecule has 0 radical (unpaired) electrons. The van der Waals surface area contributed by atoms with Gasteiger partial charge >= 0.3 is 0 Å². The standard InChI is InChI=1S/C9H6BrClN2O/c10-8-3-7(5-14-8)13-9-2-1-6(11)4-12-9/h1-5H,(H,12,13). The molecule has 2 heterocycles. The van der Waals surface area contributed by atoms with Crippen molar-refractivity contribution in [2.24, 2.45) is 0 Å². The van der Waals surface area contributed by atoms with Crippen LogP contribution in [0.15, 0.2) is 39.7 Å². The normalized spacial score (nSPS) is 10.1. The fourth-order valence-corrected chi connectivity index (χ4v) is 1.43. The van der Waals surface area contributed by atoms with Crippen LogP contribution in [0.4, 0.5) is 11.5 Å². The van der Waals surface area contributed by atoms with Gasteiger partial charge in [-0.3, -0.25) is 0 Å². The van der Waals surface area contributed by atoms with Crippen LogP contribution in [-0.2, 0) is 0 Å². The lowest BCUT2D eigenvalue weighted by molar-refractivity contribution is 0.542. The second-order valence-corrected chi connectivity index (χ2v) is 3.84. The third-order valence-electron chi connectivity index (χ3n) is 1.57. The van der Waals surface area contributed by atoms with Crippen LogP contribution in [0.1, 0.15) is 0 Å². The molecule has 0 aliphatic rings. The van der Waals surface area contributed by atoms with E-state index in [4.69, 9.17) is 16.0 Å². The van der Waals surface area contributed by atoms with Gasteiger partial charge in [0.2, 0.25) is 0 Å². The molecule has 2 aromatic heterocycles. The first-order chi connectivity index (χ1) is 6.74. The maximum atomic E-state index is 5.70. The molecule has 2 aromatic rings. The Morgan fingerprint density at radius 2 is 2.29 bits per heavy atom. The molecule has 0 saturated carbocycles. The second kappa shape index (κ2) is 4.02. The maximum absolute atomic E-state index is 5.70. The van der Waals surface area contributed by atoms with Crippen molar-refractivity contribution in [3.63, 3.8) is 0 Å². The first-order valence-corrected chi connectivity index (χ1v) is 5.04. The van der Waals surface area contributed by atoms with Crippen molar-refractivity contribution in [3.8, 4) is 0 Å². The van der Waals surface area contributed by atoms with Gasteiger partial charge in [0.15, 0.2) is 4.67 Å². The zero-order chi connectivity index (χ0) is 9.97. The third-order valence-corrected chi connectivity index (χ3v) is 2.21. The van der Waals surface area contributed by atoms with E-state index >= 15 is 0 Å². The van der Waals surface area contributed by atoms with E-state index in [1.54, 1.807) is 24.6 Å². The highest BCUT2D eigenvalue weighted by molar-refractivity contribution is 9.10. The van der Waals surface area contributed by atoms with Gasteiger partial charge in [0.1, 0.15) is 12.1 Å². The number of pyridine rings is 1. The molecule has 1 N–H and O–H groups in total. The van der Waals surface area contributed by atoms with E-state index < -0.39 is 0 Å². The lowest BCUT2D eigenvalue weighted by atomic mass is 10.4. The molecule has 0 aromatic carbocycles. The summed E-state index contributed by atoms with van der Waals surface area (Å²) in [4.78, 5) is 4.08. The minimum Gasteiger partial charge on any atom is -0.455 e. The Morgan fingerprint density at radius 1 is 1.43 bits per heavy atom. The van der Waals surface area contributed by atoms with E-state index in [1.807, 2.05) is 6.07 Å². The van der Waals surface area contributed by atoms with Crippen molar-refractivity contribution in [1.82, 2.24) is 4.98 Å². The van der Waals surface area contributed by atoms with Gasteiger partial charge in [-0.15, -0.1) is 0 Å². The van der Waals surface area contributed by atoms with Crippen LogP contribution in [0.3, 0.4) is 0 Å². The molecule has 0 atom stereocenters. The summed E-state index contributed by atoms with van der Waals surface area (Å²) in [7, 11) is 0. The van der Waals surface area contributed by atoms with Crippen LogP contribution in [0, 0.1) is 0 Å². The van der Waals surface area contributed by atoms with Crippen LogP contribution >= 0.6 is 27.5 Å². The van der Waals surface area contributed by atoms with Gasteiger partial charge in [0.25, 0.3) is 0 Å². The number of rotatable bonds is 2. The van der Waals surface area contributed by atoms with Gasteiger partial charge < -0.3 is 9.73 Å². The van der Waals surface area contributed by atoms with E-state index in [0.717, 1.165) is 11.5 Å². The number of nitrogens with one attached hydrogen (secondary N) is 1. The molecule has 0 amide bonds. The number of aromatic nitrogens is 1. The Bertz CT molecular complexity index is 427. The summed E-state index contributed by atoms with van der Waals surface area (Å²) in [5, 5.41) is 3.67. The summed E-state index contributed by atoms with van der Waals surface area (Å²) in [6.45, 7) is 0. The molecule has 72 valence electrons. The highest BCUT2D eigenvalue weighted by Gasteiger charge is 1.99. The summed E-state index contributed by atoms with van der Waals surface area (Å²) < 4.78 is 5.74. The first kappa shape index (κ1) is 9.55. The van der Waals surface area contributed by atoms with Gasteiger partial charge in [0, 0.05) is 12.3 Å². The van der Waals surface area contributed by atoms with Gasteiger partial charge in [0.05, 0.1) is 10.7 Å². The minimum absolute atomic E-state index is 0.615. The van der Waals surface area contributed by atoms with Crippen molar-refractivity contribution < 1.29 is 4.42 Å². The smallest absolute Gasteiger partial charge is 0.171 e. The van der Waals surface area contributed by atoms with Gasteiger partial charge in [-0.1, -0.05) is 11.6 Å². The number of hydrogen-bond donors (Lipinski definition) is 1. The van der Waals surface area contributed by atoms with E-state index in [-0.39, 0.29) is 0 Å². The lowest BCUT2D eigenvalue weighted by Crippen LogP contribution is -1.90. The fraction of sp³-hybridized carbons (Fsp3) is 0. The molecule has 0 saturated heterocycles. The van der Waals surface area contributed by atoms with Gasteiger partial charge in [-0.2, -0.15) is 0 Å². The van der Waals surface area contributed by atoms with Crippen molar-refractivity contribution in [1.29, 1.82) is 0 Å². The molecule has 0 aliphatic carbocycles. The van der Waals surface area contributed by atoms with Crippen LogP contribution in [0.25, 0.3) is 0 Å².